The summed E-state index contributed by atoms with van der Waals surface area (Å²) in [5.41, 5.74) is 3.97. The summed E-state index contributed by atoms with van der Waals surface area (Å²) >= 11 is 0. The second kappa shape index (κ2) is 12.1. The van der Waals surface area contributed by atoms with E-state index in [1.54, 1.807) is 0 Å². The first kappa shape index (κ1) is 30.4. The third-order valence-electron chi connectivity index (χ3n) is 7.35. The van der Waals surface area contributed by atoms with Crippen LogP contribution >= 0.6 is 0 Å². The molecule has 0 aliphatic heterocycles. The number of fused-ring (bicyclic) bond motifs is 1. The van der Waals surface area contributed by atoms with Crippen molar-refractivity contribution < 1.29 is 30.5 Å². The lowest BCUT2D eigenvalue weighted by Crippen LogP contribution is -2.21. The largest absolute Gasteiger partial charge is 0.372 e. The van der Waals surface area contributed by atoms with Gasteiger partial charge in [-0.3, -0.25) is 9.11 Å². The van der Waals surface area contributed by atoms with Crippen LogP contribution in [0.1, 0.15) is 38.8 Å². The fraction of sp³-hybridized carbons (Fsp3) is 0.258. The van der Waals surface area contributed by atoms with Gasteiger partial charge >= 0.3 is 0 Å². The molecule has 41 heavy (non-hydrogen) atoms. The molecule has 0 unspecified atom stereocenters. The molecule has 0 amide bonds. The molecule has 0 spiro atoms. The summed E-state index contributed by atoms with van der Waals surface area (Å²) in [5.74, 6) is 0. The van der Waals surface area contributed by atoms with E-state index in [0.29, 0.717) is 22.1 Å². The predicted molar refractivity (Wildman–Crippen MR) is 164 cm³/mol. The zero-order chi connectivity index (χ0) is 29.9. The van der Waals surface area contributed by atoms with E-state index in [9.17, 15) is 25.9 Å². The van der Waals surface area contributed by atoms with E-state index >= 15 is 0 Å². The summed E-state index contributed by atoms with van der Waals surface area (Å²) in [6.45, 7) is 11.5. The second-order valence-corrected chi connectivity index (χ2v) is 12.4. The van der Waals surface area contributed by atoms with Gasteiger partial charge < -0.3 is 4.90 Å². The third kappa shape index (κ3) is 6.36. The van der Waals surface area contributed by atoms with Crippen LogP contribution in [-0.4, -0.2) is 62.4 Å². The van der Waals surface area contributed by atoms with E-state index in [1.807, 2.05) is 48.6 Å². The molecule has 0 radical (unpaired) electrons. The normalized spacial score (nSPS) is 13.6. The molecule has 8 nitrogen and oxygen atoms in total. The zero-order valence-corrected chi connectivity index (χ0v) is 25.2. The molecule has 3 aromatic rings. The van der Waals surface area contributed by atoms with Crippen molar-refractivity contribution in [3.63, 3.8) is 0 Å². The van der Waals surface area contributed by atoms with Crippen molar-refractivity contribution in [1.82, 2.24) is 0 Å². The molecule has 0 aromatic heterocycles. The fourth-order valence-corrected chi connectivity index (χ4v) is 6.44. The Bertz CT molecular complexity index is 1780. The van der Waals surface area contributed by atoms with Crippen LogP contribution in [0.2, 0.25) is 0 Å². The van der Waals surface area contributed by atoms with Crippen LogP contribution in [0.15, 0.2) is 94.3 Å². The Hall–Kier alpha value is -3.57. The number of nitrogens with zero attached hydrogens (tertiary/aromatic N) is 2. The average molecular weight is 596 g/mol. The molecule has 0 saturated carbocycles. The van der Waals surface area contributed by atoms with E-state index in [4.69, 9.17) is 0 Å². The van der Waals surface area contributed by atoms with Gasteiger partial charge in [-0.25, -0.2) is 4.58 Å². The number of hydrogen-bond donors (Lipinski definition) is 2. The fourth-order valence-electron chi connectivity index (χ4n) is 5.22. The Balaban J connectivity index is 2.13. The lowest BCUT2D eigenvalue weighted by atomic mass is 9.87. The Kier molecular flexibility index (Phi) is 8.98. The Morgan fingerprint density at radius 3 is 1.85 bits per heavy atom. The summed E-state index contributed by atoms with van der Waals surface area (Å²) in [6.07, 6.45) is 7.68. The van der Waals surface area contributed by atoms with E-state index in [-0.39, 0.29) is 20.7 Å². The molecule has 4 rings (SSSR count). The number of benzene rings is 3. The second-order valence-electron chi connectivity index (χ2n) is 9.59. The molecule has 2 N–H and O–H groups in total. The molecular weight excluding hydrogens is 560 g/mol. The van der Waals surface area contributed by atoms with Crippen molar-refractivity contribution in [3.05, 3.63) is 95.6 Å². The van der Waals surface area contributed by atoms with Crippen molar-refractivity contribution in [2.24, 2.45) is 0 Å². The Labute approximate surface area is 242 Å². The van der Waals surface area contributed by atoms with Crippen molar-refractivity contribution in [1.29, 1.82) is 0 Å². The van der Waals surface area contributed by atoms with Gasteiger partial charge in [0.1, 0.15) is 18.0 Å². The first-order valence-corrected chi connectivity index (χ1v) is 16.4. The topological polar surface area (TPSA) is 115 Å². The van der Waals surface area contributed by atoms with Gasteiger partial charge in [-0.2, -0.15) is 16.8 Å². The van der Waals surface area contributed by atoms with Gasteiger partial charge in [-0.05, 0) is 97.7 Å². The van der Waals surface area contributed by atoms with Gasteiger partial charge in [0.05, 0.1) is 4.90 Å². The zero-order valence-electron chi connectivity index (χ0n) is 23.6. The summed E-state index contributed by atoms with van der Waals surface area (Å²) in [6, 6.07) is 14.5. The monoisotopic (exact) mass is 595 g/mol. The van der Waals surface area contributed by atoms with Gasteiger partial charge in [0.2, 0.25) is 0 Å². The van der Waals surface area contributed by atoms with Gasteiger partial charge in [0.15, 0.2) is 5.71 Å². The molecule has 3 aromatic carbocycles. The highest BCUT2D eigenvalue weighted by molar-refractivity contribution is 7.86. The Morgan fingerprint density at radius 2 is 1.34 bits per heavy atom. The molecule has 10 heteroatoms. The van der Waals surface area contributed by atoms with Crippen LogP contribution < -0.4 is 4.90 Å². The molecule has 0 atom stereocenters. The number of hydrogen-bond acceptors (Lipinski definition) is 5. The molecule has 1 aliphatic carbocycles. The third-order valence-corrected chi connectivity index (χ3v) is 9.10. The molecule has 0 bridgehead atoms. The summed E-state index contributed by atoms with van der Waals surface area (Å²) in [5, 5.41) is 0.794. The Morgan fingerprint density at radius 1 is 0.756 bits per heavy atom. The minimum atomic E-state index is -4.74. The number of anilines is 1. The molecule has 1 aliphatic rings. The minimum Gasteiger partial charge on any atom is -0.372 e. The highest BCUT2D eigenvalue weighted by atomic mass is 32.2. The van der Waals surface area contributed by atoms with Gasteiger partial charge in [0, 0.05) is 36.5 Å². The van der Waals surface area contributed by atoms with Crippen LogP contribution in [0.25, 0.3) is 16.3 Å². The maximum Gasteiger partial charge on any atom is 0.295 e. The minimum absolute atomic E-state index is 0.140. The average Bonchev–Trinajstić information content (AvgIpc) is 2.94. The first-order valence-electron chi connectivity index (χ1n) is 13.5. The smallest absolute Gasteiger partial charge is 0.295 e. The van der Waals surface area contributed by atoms with Crippen LogP contribution in [-0.2, 0) is 20.2 Å². The highest BCUT2D eigenvalue weighted by Crippen LogP contribution is 2.39. The van der Waals surface area contributed by atoms with Crippen molar-refractivity contribution in [2.45, 2.75) is 37.5 Å². The summed E-state index contributed by atoms with van der Waals surface area (Å²) < 4.78 is 71.9. The lowest BCUT2D eigenvalue weighted by molar-refractivity contribution is -0.519. The van der Waals surface area contributed by atoms with E-state index < -0.39 is 20.2 Å². The van der Waals surface area contributed by atoms with Crippen molar-refractivity contribution >= 4 is 48.0 Å². The summed E-state index contributed by atoms with van der Waals surface area (Å²) in [7, 11) is -9.33. The van der Waals surface area contributed by atoms with E-state index in [2.05, 4.69) is 37.2 Å². The summed E-state index contributed by atoms with van der Waals surface area (Å²) in [4.78, 5) is 1.43. The first-order chi connectivity index (χ1) is 19.4. The molecule has 0 fully saturated rings. The highest BCUT2D eigenvalue weighted by Gasteiger charge is 2.25. The molecular formula is C31H35N2O6S2+. The maximum absolute atomic E-state index is 12.7. The molecule has 0 heterocycles. The molecule has 0 saturated heterocycles. The van der Waals surface area contributed by atoms with Crippen LogP contribution in [0, 0.1) is 0 Å². The van der Waals surface area contributed by atoms with Gasteiger partial charge in [-0.1, -0.05) is 24.3 Å². The van der Waals surface area contributed by atoms with E-state index in [0.717, 1.165) is 37.6 Å². The van der Waals surface area contributed by atoms with Gasteiger partial charge in [-0.15, -0.1) is 0 Å². The van der Waals surface area contributed by atoms with Crippen molar-refractivity contribution in [2.75, 3.05) is 31.1 Å². The standard InChI is InChI=1S/C31H34N2O6S2/c1-5-32(6-2)25-15-9-23(10-16-25)30(24-11-17-26(18-12-24)33(7-3)8-4)31-28-21-27(40(34,35)36)19-13-22(28)14-20-29(31)41(37,38)39/h9-21H,5-8H2,1-4H3,(H-,34,35,36,37,38,39)/p+1. The quantitative estimate of drug-likeness (QED) is 0.244. The van der Waals surface area contributed by atoms with Crippen LogP contribution in [0.3, 0.4) is 0 Å². The lowest BCUT2D eigenvalue weighted by Gasteiger charge is -2.22. The number of allylic oxidation sites excluding steroid dienone is 5. The van der Waals surface area contributed by atoms with E-state index in [1.165, 1.54) is 30.3 Å². The predicted octanol–water partition coefficient (Wildman–Crippen LogP) is 5.60. The SMILES string of the molecule is CCN(CC)c1ccc(C(=C2C=CC(=[N+](CC)CC)C=C2)c2c(S(=O)(=O)O)ccc3ccc(S(=O)(=O)O)cc23)cc1. The van der Waals surface area contributed by atoms with Crippen LogP contribution in [0.5, 0.6) is 0 Å². The number of rotatable bonds is 9. The molecule has 216 valence electrons. The van der Waals surface area contributed by atoms with Crippen molar-refractivity contribution in [3.8, 4) is 0 Å². The maximum atomic E-state index is 12.7. The van der Waals surface area contributed by atoms with Gasteiger partial charge in [0.25, 0.3) is 20.2 Å². The van der Waals surface area contributed by atoms with Crippen LogP contribution in [0.4, 0.5) is 5.69 Å².